The molecule has 0 aliphatic carbocycles. The Morgan fingerprint density at radius 1 is 1.07 bits per heavy atom. The molecule has 1 aliphatic heterocycles. The Kier molecular flexibility index (Phi) is 9.59. The van der Waals surface area contributed by atoms with Crippen molar-refractivity contribution in [1.82, 2.24) is 19.9 Å². The highest BCUT2D eigenvalue weighted by Crippen LogP contribution is 2.44. The lowest BCUT2D eigenvalue weighted by molar-refractivity contribution is 0.0193. The summed E-state index contributed by atoms with van der Waals surface area (Å²) in [7, 11) is 0. The first-order valence-corrected chi connectivity index (χ1v) is 16.3. The fourth-order valence-electron chi connectivity index (χ4n) is 5.24. The Bertz CT molecular complexity index is 1770. The van der Waals surface area contributed by atoms with Crippen LogP contribution in [-0.4, -0.2) is 65.5 Å². The number of thiazole rings is 1. The van der Waals surface area contributed by atoms with Crippen LogP contribution < -0.4 is 9.21 Å². The molecule has 1 amide bonds. The maximum atomic E-state index is 16.5. The van der Waals surface area contributed by atoms with Crippen molar-refractivity contribution >= 4 is 56.8 Å². The van der Waals surface area contributed by atoms with Crippen LogP contribution in [0.3, 0.4) is 0 Å². The molecule has 2 aromatic carbocycles. The summed E-state index contributed by atoms with van der Waals surface area (Å²) in [5.41, 5.74) is -1.79. The van der Waals surface area contributed by atoms with Gasteiger partial charge in [-0.15, -0.1) is 0 Å². The highest BCUT2D eigenvalue weighted by molar-refractivity contribution is 7.81. The van der Waals surface area contributed by atoms with Gasteiger partial charge in [0.05, 0.1) is 22.0 Å². The second-order valence-corrected chi connectivity index (χ2v) is 13.8. The molecule has 1 saturated heterocycles. The average molecular weight is 695 g/mol. The van der Waals surface area contributed by atoms with Gasteiger partial charge < -0.3 is 14.5 Å². The van der Waals surface area contributed by atoms with E-state index in [2.05, 4.69) is 9.97 Å². The summed E-state index contributed by atoms with van der Waals surface area (Å²) in [4.78, 5) is 29.9. The van der Waals surface area contributed by atoms with Crippen molar-refractivity contribution in [3.63, 3.8) is 0 Å². The van der Waals surface area contributed by atoms with Gasteiger partial charge in [0.15, 0.2) is 22.6 Å². The van der Waals surface area contributed by atoms with E-state index in [9.17, 15) is 22.3 Å². The minimum absolute atomic E-state index is 0.0581. The topological polar surface area (TPSA) is 112 Å². The van der Waals surface area contributed by atoms with Crippen LogP contribution in [0.1, 0.15) is 34.6 Å². The smallest absolute Gasteiger partial charge is 0.410 e. The van der Waals surface area contributed by atoms with Crippen molar-refractivity contribution in [2.45, 2.75) is 52.3 Å². The van der Waals surface area contributed by atoms with E-state index in [0.29, 0.717) is 33.1 Å². The second-order valence-electron chi connectivity index (χ2n) is 11.6. The highest BCUT2D eigenvalue weighted by atomic mass is 35.5. The number of para-hydroxylation sites is 1. The zero-order chi connectivity index (χ0) is 33.5. The van der Waals surface area contributed by atoms with E-state index in [1.807, 2.05) is 18.7 Å². The maximum absolute atomic E-state index is 16.5. The molecule has 3 unspecified atom stereocenters. The third kappa shape index (κ3) is 6.82. The monoisotopic (exact) mass is 694 g/mol. The molecule has 0 saturated carbocycles. The summed E-state index contributed by atoms with van der Waals surface area (Å²) in [5.74, 6) is -3.37. The number of hydrogen-bond acceptors (Lipinski definition) is 8. The van der Waals surface area contributed by atoms with Crippen molar-refractivity contribution in [1.29, 1.82) is 0 Å². The minimum Gasteiger partial charge on any atom is -0.444 e. The molecule has 3 atom stereocenters. The summed E-state index contributed by atoms with van der Waals surface area (Å²) in [6.07, 6.45) is 1.00. The zero-order valence-electron chi connectivity index (χ0n) is 25.4. The molecular formula is C30H30ClF3N6O4S2. The quantitative estimate of drug-likeness (QED) is 0.164. The first-order valence-electron chi connectivity index (χ1n) is 14.1. The van der Waals surface area contributed by atoms with Crippen LogP contribution in [0.15, 0.2) is 48.7 Å². The number of nitrogens with zero attached hydrogens (tertiary/aromatic N) is 6. The number of anilines is 3. The highest BCUT2D eigenvalue weighted by Gasteiger charge is 2.37. The summed E-state index contributed by atoms with van der Waals surface area (Å²) in [6.45, 7) is 9.90. The molecule has 244 valence electrons. The van der Waals surface area contributed by atoms with Crippen LogP contribution in [0.2, 0.25) is 5.28 Å². The van der Waals surface area contributed by atoms with E-state index in [0.717, 1.165) is 24.3 Å². The Balaban J connectivity index is 1.61. The van der Waals surface area contributed by atoms with E-state index in [4.69, 9.17) is 21.3 Å². The van der Waals surface area contributed by atoms with E-state index in [1.165, 1.54) is 29.7 Å². The largest absolute Gasteiger partial charge is 0.444 e. The van der Waals surface area contributed by atoms with Gasteiger partial charge in [0.25, 0.3) is 11.3 Å². The number of carbonyl (C=O) groups is 1. The van der Waals surface area contributed by atoms with Crippen molar-refractivity contribution < 1.29 is 31.5 Å². The minimum atomic E-state index is -3.06. The summed E-state index contributed by atoms with van der Waals surface area (Å²) < 4.78 is 74.4. The molecule has 0 radical (unpaired) electrons. The van der Waals surface area contributed by atoms with E-state index in [1.54, 1.807) is 31.7 Å². The lowest BCUT2D eigenvalue weighted by Gasteiger charge is -2.44. The number of benzene rings is 2. The third-order valence-electron chi connectivity index (χ3n) is 7.02. The number of aromatic nitrogens is 3. The fourth-order valence-corrected chi connectivity index (χ4v) is 7.28. The number of piperazine rings is 1. The number of hydrogen-bond donors (Lipinski definition) is 1. The molecule has 1 N–H and O–H groups in total. The lowest BCUT2D eigenvalue weighted by atomic mass is 10.1. The van der Waals surface area contributed by atoms with Gasteiger partial charge in [-0.25, -0.2) is 41.4 Å². The van der Waals surface area contributed by atoms with Crippen LogP contribution in [0.4, 0.5) is 34.5 Å². The molecule has 0 spiro atoms. The molecule has 4 aromatic rings. The molecular weight excluding hydrogens is 665 g/mol. The van der Waals surface area contributed by atoms with Crippen LogP contribution in [-0.2, 0) is 16.0 Å². The summed E-state index contributed by atoms with van der Waals surface area (Å²) >= 11 is 4.25. The Morgan fingerprint density at radius 2 is 1.70 bits per heavy atom. The predicted octanol–water partition coefficient (Wildman–Crippen LogP) is 7.45. The Morgan fingerprint density at radius 3 is 2.28 bits per heavy atom. The fraction of sp³-hybridized carbons (Fsp3) is 0.333. The van der Waals surface area contributed by atoms with Gasteiger partial charge in [0.1, 0.15) is 11.3 Å². The molecule has 46 heavy (non-hydrogen) atoms. The summed E-state index contributed by atoms with van der Waals surface area (Å²) in [6, 6.07) is 7.90. The van der Waals surface area contributed by atoms with Crippen molar-refractivity contribution in [3.05, 3.63) is 71.4 Å². The van der Waals surface area contributed by atoms with Crippen LogP contribution in [0.25, 0.3) is 21.8 Å². The number of amides is 1. The van der Waals surface area contributed by atoms with E-state index >= 15 is 4.39 Å². The molecule has 16 heteroatoms. The zero-order valence-corrected chi connectivity index (χ0v) is 27.8. The number of carbonyl (C=O) groups excluding carboxylic acids is 1. The van der Waals surface area contributed by atoms with Gasteiger partial charge in [-0.05, 0) is 76.6 Å². The lowest BCUT2D eigenvalue weighted by Crippen LogP contribution is -2.58. The summed E-state index contributed by atoms with van der Waals surface area (Å²) in [5, 5.41) is 0.424. The molecule has 1 fully saturated rings. The van der Waals surface area contributed by atoms with E-state index < -0.39 is 51.8 Å². The van der Waals surface area contributed by atoms with Gasteiger partial charge in [-0.1, -0.05) is 23.5 Å². The molecule has 10 nitrogen and oxygen atoms in total. The maximum Gasteiger partial charge on any atom is 0.410 e. The van der Waals surface area contributed by atoms with Crippen LogP contribution >= 0.6 is 22.9 Å². The van der Waals surface area contributed by atoms with Gasteiger partial charge in [0.2, 0.25) is 5.28 Å². The number of ether oxygens (including phenoxy) is 1. The second kappa shape index (κ2) is 13.1. The Labute approximate surface area is 275 Å². The first kappa shape index (κ1) is 33.6. The van der Waals surface area contributed by atoms with Crippen LogP contribution in [0, 0.1) is 17.5 Å². The molecule has 3 heterocycles. The van der Waals surface area contributed by atoms with Gasteiger partial charge in [-0.2, -0.15) is 0 Å². The van der Waals surface area contributed by atoms with Crippen molar-refractivity contribution in [2.24, 2.45) is 0 Å². The van der Waals surface area contributed by atoms with E-state index in [-0.39, 0.29) is 28.6 Å². The molecule has 1 aliphatic rings. The number of halogens is 4. The standard InChI is InChI=1S/C30H30ClF3N6O4S2/c1-16-14-38(29(41)44-30(3,4)5)15-17(2)39(16)28-37-24(26(45-28)21-12-13-35-27(31)36-21)18-8-6-11-22(23(18)34)40(46(42)43)25-19(32)9-7-10-20(25)33/h6-13,16-17H,14-15H2,1-5H3,(H,42,43). The predicted molar refractivity (Wildman–Crippen MR) is 172 cm³/mol. The van der Waals surface area contributed by atoms with Gasteiger partial charge in [0, 0.05) is 36.9 Å². The van der Waals surface area contributed by atoms with Crippen molar-refractivity contribution in [3.8, 4) is 21.8 Å². The first-order chi connectivity index (χ1) is 21.7. The SMILES string of the molecule is CC1CN(C(=O)OC(C)(C)C)CC(C)N1c1nc(-c2cccc(N(c3c(F)cccc3F)S(=O)O)c2F)c(-c2ccnc(Cl)n2)s1. The number of rotatable bonds is 6. The van der Waals surface area contributed by atoms with Gasteiger partial charge in [-0.3, -0.25) is 4.55 Å². The average Bonchev–Trinajstić information content (AvgIpc) is 3.38. The van der Waals surface area contributed by atoms with Crippen LogP contribution in [0.5, 0.6) is 0 Å². The molecule has 5 rings (SSSR count). The normalized spacial score (nSPS) is 17.6. The molecule has 2 aromatic heterocycles. The Hall–Kier alpha value is -3.79. The van der Waals surface area contributed by atoms with Crippen molar-refractivity contribution in [2.75, 3.05) is 22.3 Å². The molecule has 0 bridgehead atoms. The van der Waals surface area contributed by atoms with Gasteiger partial charge >= 0.3 is 6.09 Å². The third-order valence-corrected chi connectivity index (χ3v) is 8.98.